The maximum atomic E-state index is 6.32. The highest BCUT2D eigenvalue weighted by Crippen LogP contribution is 2.37. The van der Waals surface area contributed by atoms with Crippen LogP contribution in [0.2, 0.25) is 10.0 Å². The minimum Gasteiger partial charge on any atom is -0.250 e. The van der Waals surface area contributed by atoms with Gasteiger partial charge in [0.05, 0.1) is 0 Å². The number of fused-ring (bicyclic) bond motifs is 1. The molecule has 0 amide bonds. The molecule has 0 aliphatic heterocycles. The average Bonchev–Trinajstić information content (AvgIpc) is 2.76. The van der Waals surface area contributed by atoms with Crippen LogP contribution in [0.25, 0.3) is 22.0 Å². The lowest BCUT2D eigenvalue weighted by Gasteiger charge is -2.05. The number of aliphatic imine (C=N–C) groups is 1. The van der Waals surface area contributed by atoms with Crippen LogP contribution in [0.5, 0.6) is 0 Å². The SMILES string of the molecule is C/C=N/c1c2cccc(-c3ccc(Cl)cc3Cl)c2nn1C. The third-order valence-electron chi connectivity index (χ3n) is 3.31. The summed E-state index contributed by atoms with van der Waals surface area (Å²) < 4.78 is 1.78. The number of hydrogen-bond donors (Lipinski definition) is 0. The highest BCUT2D eigenvalue weighted by atomic mass is 35.5. The molecular formula is C16H13Cl2N3. The number of aryl methyl sites for hydroxylation is 1. The van der Waals surface area contributed by atoms with Gasteiger partial charge in [0.15, 0.2) is 5.82 Å². The number of aromatic nitrogens is 2. The Bertz CT molecular complexity index is 850. The van der Waals surface area contributed by atoms with E-state index in [2.05, 4.69) is 10.1 Å². The number of nitrogens with zero attached hydrogens (tertiary/aromatic N) is 3. The fourth-order valence-corrected chi connectivity index (χ4v) is 2.91. The van der Waals surface area contributed by atoms with Crippen molar-refractivity contribution in [3.05, 3.63) is 46.4 Å². The van der Waals surface area contributed by atoms with Gasteiger partial charge in [0.1, 0.15) is 5.52 Å². The van der Waals surface area contributed by atoms with Crippen molar-refractivity contribution in [1.82, 2.24) is 9.78 Å². The van der Waals surface area contributed by atoms with Gasteiger partial charge in [0.25, 0.3) is 0 Å². The molecule has 3 rings (SSSR count). The first-order valence-electron chi connectivity index (χ1n) is 6.51. The Kier molecular flexibility index (Phi) is 3.70. The summed E-state index contributed by atoms with van der Waals surface area (Å²) in [6, 6.07) is 11.5. The molecule has 0 bridgehead atoms. The van der Waals surface area contributed by atoms with Crippen molar-refractivity contribution in [3.8, 4) is 11.1 Å². The predicted octanol–water partition coefficient (Wildman–Crippen LogP) is 5.27. The molecule has 3 aromatic rings. The van der Waals surface area contributed by atoms with E-state index in [1.807, 2.05) is 44.3 Å². The second-order valence-electron chi connectivity index (χ2n) is 4.66. The van der Waals surface area contributed by atoms with E-state index in [0.29, 0.717) is 10.0 Å². The van der Waals surface area contributed by atoms with Crippen molar-refractivity contribution >= 4 is 46.1 Å². The Labute approximate surface area is 132 Å². The van der Waals surface area contributed by atoms with Crippen LogP contribution in [-0.4, -0.2) is 16.0 Å². The van der Waals surface area contributed by atoms with Gasteiger partial charge < -0.3 is 0 Å². The lowest BCUT2D eigenvalue weighted by atomic mass is 10.0. The molecule has 0 N–H and O–H groups in total. The zero-order valence-corrected chi connectivity index (χ0v) is 13.2. The normalized spacial score (nSPS) is 11.6. The van der Waals surface area contributed by atoms with Crippen LogP contribution in [0.3, 0.4) is 0 Å². The summed E-state index contributed by atoms with van der Waals surface area (Å²) >= 11 is 12.3. The summed E-state index contributed by atoms with van der Waals surface area (Å²) in [5, 5.41) is 6.81. The lowest BCUT2D eigenvalue weighted by molar-refractivity contribution is 0.783. The van der Waals surface area contributed by atoms with Gasteiger partial charge >= 0.3 is 0 Å². The molecule has 0 saturated carbocycles. The van der Waals surface area contributed by atoms with E-state index >= 15 is 0 Å². The molecule has 0 radical (unpaired) electrons. The zero-order chi connectivity index (χ0) is 15.0. The van der Waals surface area contributed by atoms with E-state index in [9.17, 15) is 0 Å². The summed E-state index contributed by atoms with van der Waals surface area (Å²) in [4.78, 5) is 4.39. The van der Waals surface area contributed by atoms with Gasteiger partial charge in [-0.1, -0.05) is 41.4 Å². The molecule has 1 aromatic heterocycles. The largest absolute Gasteiger partial charge is 0.250 e. The number of halogens is 2. The second kappa shape index (κ2) is 5.51. The summed E-state index contributed by atoms with van der Waals surface area (Å²) in [5.74, 6) is 0.833. The second-order valence-corrected chi connectivity index (χ2v) is 5.50. The monoisotopic (exact) mass is 317 g/mol. The third-order valence-corrected chi connectivity index (χ3v) is 3.85. The highest BCUT2D eigenvalue weighted by molar-refractivity contribution is 6.36. The first-order chi connectivity index (χ1) is 10.1. The van der Waals surface area contributed by atoms with Gasteiger partial charge in [-0.3, -0.25) is 0 Å². The highest BCUT2D eigenvalue weighted by Gasteiger charge is 2.14. The third kappa shape index (κ3) is 2.43. The Morgan fingerprint density at radius 2 is 1.95 bits per heavy atom. The summed E-state index contributed by atoms with van der Waals surface area (Å²) in [6.07, 6.45) is 1.76. The van der Waals surface area contributed by atoms with Crippen molar-refractivity contribution in [2.24, 2.45) is 12.0 Å². The lowest BCUT2D eigenvalue weighted by Crippen LogP contribution is -1.89. The maximum Gasteiger partial charge on any atom is 0.157 e. The molecule has 0 spiro atoms. The molecule has 21 heavy (non-hydrogen) atoms. The molecule has 0 fully saturated rings. The van der Waals surface area contributed by atoms with Crippen LogP contribution in [0.1, 0.15) is 6.92 Å². The van der Waals surface area contributed by atoms with E-state index in [-0.39, 0.29) is 0 Å². The van der Waals surface area contributed by atoms with Crippen LogP contribution < -0.4 is 0 Å². The van der Waals surface area contributed by atoms with Crippen molar-refractivity contribution in [1.29, 1.82) is 0 Å². The van der Waals surface area contributed by atoms with E-state index in [0.717, 1.165) is 27.8 Å². The number of benzene rings is 2. The predicted molar refractivity (Wildman–Crippen MR) is 90.0 cm³/mol. The van der Waals surface area contributed by atoms with Gasteiger partial charge in [-0.2, -0.15) is 5.10 Å². The van der Waals surface area contributed by atoms with Crippen molar-refractivity contribution < 1.29 is 0 Å². The van der Waals surface area contributed by atoms with Crippen LogP contribution in [0.15, 0.2) is 41.4 Å². The van der Waals surface area contributed by atoms with Crippen LogP contribution in [-0.2, 0) is 7.05 Å². The molecule has 0 aliphatic carbocycles. The van der Waals surface area contributed by atoms with Gasteiger partial charge in [0.2, 0.25) is 0 Å². The minimum atomic E-state index is 0.612. The Hall–Kier alpha value is -1.84. The van der Waals surface area contributed by atoms with E-state index < -0.39 is 0 Å². The number of rotatable bonds is 2. The van der Waals surface area contributed by atoms with Gasteiger partial charge in [0, 0.05) is 39.8 Å². The molecule has 1 heterocycles. The molecule has 0 aliphatic rings. The maximum absolute atomic E-state index is 6.32. The first kappa shape index (κ1) is 14.1. The molecule has 0 unspecified atom stereocenters. The minimum absolute atomic E-state index is 0.612. The average molecular weight is 318 g/mol. The van der Waals surface area contributed by atoms with E-state index in [1.165, 1.54) is 0 Å². The molecule has 5 heteroatoms. The quantitative estimate of drug-likeness (QED) is 0.592. The Morgan fingerprint density at radius 1 is 1.14 bits per heavy atom. The molecule has 0 atom stereocenters. The smallest absolute Gasteiger partial charge is 0.157 e. The molecule has 2 aromatic carbocycles. The topological polar surface area (TPSA) is 30.2 Å². The van der Waals surface area contributed by atoms with Crippen molar-refractivity contribution in [2.45, 2.75) is 6.92 Å². The van der Waals surface area contributed by atoms with Gasteiger partial charge in [-0.05, 0) is 25.1 Å². The summed E-state index contributed by atoms with van der Waals surface area (Å²) in [5.41, 5.74) is 2.77. The van der Waals surface area contributed by atoms with E-state index in [4.69, 9.17) is 23.2 Å². The van der Waals surface area contributed by atoms with Crippen LogP contribution >= 0.6 is 23.2 Å². The van der Waals surface area contributed by atoms with Gasteiger partial charge in [-0.15, -0.1) is 0 Å². The van der Waals surface area contributed by atoms with Crippen LogP contribution in [0, 0.1) is 0 Å². The van der Waals surface area contributed by atoms with Crippen molar-refractivity contribution in [3.63, 3.8) is 0 Å². The molecule has 0 saturated heterocycles. The standard InChI is InChI=1S/C16H13Cl2N3/c1-3-19-16-13-6-4-5-12(15(13)20-21(16)2)11-8-7-10(17)9-14(11)18/h3-9H,1-2H3/b19-3+. The fourth-order valence-electron chi connectivity index (χ4n) is 2.40. The zero-order valence-electron chi connectivity index (χ0n) is 11.6. The molecule has 3 nitrogen and oxygen atoms in total. The Morgan fingerprint density at radius 3 is 2.67 bits per heavy atom. The van der Waals surface area contributed by atoms with E-state index in [1.54, 1.807) is 17.0 Å². The molecular weight excluding hydrogens is 305 g/mol. The summed E-state index contributed by atoms with van der Waals surface area (Å²) in [7, 11) is 1.88. The first-order valence-corrected chi connectivity index (χ1v) is 7.27. The van der Waals surface area contributed by atoms with Crippen LogP contribution in [0.4, 0.5) is 5.82 Å². The Balaban J connectivity index is 2.31. The van der Waals surface area contributed by atoms with Crippen molar-refractivity contribution in [2.75, 3.05) is 0 Å². The fraction of sp³-hybridized carbons (Fsp3) is 0.125. The summed E-state index contributed by atoms with van der Waals surface area (Å²) in [6.45, 7) is 1.89. The van der Waals surface area contributed by atoms with Gasteiger partial charge in [-0.25, -0.2) is 9.67 Å². The molecule has 106 valence electrons. The number of hydrogen-bond acceptors (Lipinski definition) is 2.